The summed E-state index contributed by atoms with van der Waals surface area (Å²) in [7, 11) is 0. The number of amides is 1. The first-order chi connectivity index (χ1) is 10.7. The summed E-state index contributed by atoms with van der Waals surface area (Å²) in [5.74, 6) is 0.120. The van der Waals surface area contributed by atoms with Crippen LogP contribution in [0.1, 0.15) is 45.4 Å². The van der Waals surface area contributed by atoms with Crippen LogP contribution in [-0.4, -0.2) is 22.4 Å². The van der Waals surface area contributed by atoms with Crippen LogP contribution in [-0.2, 0) is 30.5 Å². The molecule has 4 nitrogen and oxygen atoms in total. The lowest BCUT2D eigenvalue weighted by atomic mass is 10.0. The molecule has 0 saturated carbocycles. The Balaban J connectivity index is 1.40. The number of nitrogens with one attached hydrogen (secondary N) is 1. The molecule has 3 rings (SSSR count). The first kappa shape index (κ1) is 15.6. The highest BCUT2D eigenvalue weighted by Gasteiger charge is 2.15. The van der Waals surface area contributed by atoms with Crippen LogP contribution in [0.15, 0.2) is 5.51 Å². The SMILES string of the molecule is Cc1ncsc1CCC(=O)NCCc1nc2c(s1)CCCC2. The smallest absolute Gasteiger partial charge is 0.220 e. The number of thiazole rings is 2. The van der Waals surface area contributed by atoms with E-state index in [2.05, 4.69) is 10.3 Å². The summed E-state index contributed by atoms with van der Waals surface area (Å²) < 4.78 is 0. The predicted molar refractivity (Wildman–Crippen MR) is 90.6 cm³/mol. The lowest BCUT2D eigenvalue weighted by Gasteiger charge is -2.06. The molecule has 0 atom stereocenters. The molecule has 2 aromatic heterocycles. The molecule has 1 aliphatic rings. The molecule has 1 aliphatic carbocycles. The summed E-state index contributed by atoms with van der Waals surface area (Å²) in [6.07, 6.45) is 7.06. The van der Waals surface area contributed by atoms with E-state index in [9.17, 15) is 4.79 Å². The van der Waals surface area contributed by atoms with Crippen molar-refractivity contribution in [1.29, 1.82) is 0 Å². The van der Waals surface area contributed by atoms with Gasteiger partial charge in [0.15, 0.2) is 0 Å². The number of carbonyl (C=O) groups excluding carboxylic acids is 1. The summed E-state index contributed by atoms with van der Waals surface area (Å²) in [5, 5.41) is 4.18. The minimum Gasteiger partial charge on any atom is -0.356 e. The number of fused-ring (bicyclic) bond motifs is 1. The standard InChI is InChI=1S/C16H21N3OS2/c1-11-13(21-10-18-11)6-7-15(20)17-9-8-16-19-12-4-2-3-5-14(12)22-16/h10H,2-9H2,1H3,(H,17,20). The molecule has 0 aliphatic heterocycles. The van der Waals surface area contributed by atoms with E-state index in [1.165, 1.54) is 39.7 Å². The second-order valence-corrected chi connectivity index (χ2v) is 7.75. The van der Waals surface area contributed by atoms with Crippen LogP contribution in [0.3, 0.4) is 0 Å². The number of hydrogen-bond acceptors (Lipinski definition) is 5. The van der Waals surface area contributed by atoms with Gasteiger partial charge in [-0.25, -0.2) is 9.97 Å². The molecule has 0 saturated heterocycles. The van der Waals surface area contributed by atoms with E-state index in [0.717, 1.165) is 25.0 Å². The fraction of sp³-hybridized carbons (Fsp3) is 0.562. The molecule has 6 heteroatoms. The minimum atomic E-state index is 0.120. The maximum absolute atomic E-state index is 11.9. The second-order valence-electron chi connectivity index (χ2n) is 5.65. The van der Waals surface area contributed by atoms with Gasteiger partial charge in [-0.1, -0.05) is 0 Å². The molecule has 0 spiro atoms. The number of aromatic nitrogens is 2. The monoisotopic (exact) mass is 335 g/mol. The lowest BCUT2D eigenvalue weighted by molar-refractivity contribution is -0.121. The van der Waals surface area contributed by atoms with Crippen molar-refractivity contribution < 1.29 is 4.79 Å². The number of hydrogen-bond donors (Lipinski definition) is 1. The Kier molecular flexibility index (Phi) is 5.20. The van der Waals surface area contributed by atoms with E-state index < -0.39 is 0 Å². The number of nitrogens with zero attached hydrogens (tertiary/aromatic N) is 2. The van der Waals surface area contributed by atoms with Gasteiger partial charge in [0, 0.05) is 29.1 Å². The fourth-order valence-electron chi connectivity index (χ4n) is 2.70. The molecule has 1 N–H and O–H groups in total. The Bertz CT molecular complexity index is 624. The van der Waals surface area contributed by atoms with Gasteiger partial charge in [-0.2, -0.15) is 0 Å². The Morgan fingerprint density at radius 2 is 2.18 bits per heavy atom. The summed E-state index contributed by atoms with van der Waals surface area (Å²) in [6, 6.07) is 0. The van der Waals surface area contributed by atoms with Crippen molar-refractivity contribution >= 4 is 28.6 Å². The Morgan fingerprint density at radius 3 is 2.95 bits per heavy atom. The number of rotatable bonds is 6. The summed E-state index contributed by atoms with van der Waals surface area (Å²) in [4.78, 5) is 23.5. The predicted octanol–water partition coefficient (Wildman–Crippen LogP) is 3.08. The molecule has 0 radical (unpaired) electrons. The first-order valence-corrected chi connectivity index (χ1v) is 9.55. The van der Waals surface area contributed by atoms with Crippen molar-refractivity contribution in [2.45, 2.75) is 51.9 Å². The lowest BCUT2D eigenvalue weighted by Crippen LogP contribution is -2.25. The van der Waals surface area contributed by atoms with Gasteiger partial charge in [-0.3, -0.25) is 4.79 Å². The van der Waals surface area contributed by atoms with Gasteiger partial charge >= 0.3 is 0 Å². The van der Waals surface area contributed by atoms with Gasteiger partial charge in [-0.15, -0.1) is 22.7 Å². The first-order valence-electron chi connectivity index (χ1n) is 7.85. The third-order valence-corrected chi connectivity index (χ3v) is 6.19. The van der Waals surface area contributed by atoms with Crippen molar-refractivity contribution in [2.24, 2.45) is 0 Å². The van der Waals surface area contributed by atoms with E-state index >= 15 is 0 Å². The van der Waals surface area contributed by atoms with Gasteiger partial charge in [0.1, 0.15) is 0 Å². The molecule has 1 amide bonds. The average molecular weight is 335 g/mol. The minimum absolute atomic E-state index is 0.120. The van der Waals surface area contributed by atoms with Crippen LogP contribution in [0.25, 0.3) is 0 Å². The van der Waals surface area contributed by atoms with E-state index in [4.69, 9.17) is 4.98 Å². The van der Waals surface area contributed by atoms with E-state index in [1.807, 2.05) is 23.8 Å². The van der Waals surface area contributed by atoms with E-state index in [1.54, 1.807) is 11.3 Å². The van der Waals surface area contributed by atoms with Gasteiger partial charge in [0.05, 0.1) is 21.9 Å². The normalized spacial score (nSPS) is 13.9. The van der Waals surface area contributed by atoms with Gasteiger partial charge < -0.3 is 5.32 Å². The maximum Gasteiger partial charge on any atom is 0.220 e. The van der Waals surface area contributed by atoms with Crippen LogP contribution >= 0.6 is 22.7 Å². The van der Waals surface area contributed by atoms with Crippen molar-refractivity contribution in [3.63, 3.8) is 0 Å². The molecule has 0 bridgehead atoms. The molecular formula is C16H21N3OS2. The van der Waals surface area contributed by atoms with E-state index in [-0.39, 0.29) is 5.91 Å². The number of carbonyl (C=O) groups is 1. The molecule has 22 heavy (non-hydrogen) atoms. The van der Waals surface area contributed by atoms with Gasteiger partial charge in [0.2, 0.25) is 5.91 Å². The molecule has 0 fully saturated rings. The zero-order valence-electron chi connectivity index (χ0n) is 12.9. The number of aryl methyl sites for hydroxylation is 4. The topological polar surface area (TPSA) is 54.9 Å². The Hall–Kier alpha value is -1.27. The van der Waals surface area contributed by atoms with Crippen molar-refractivity contribution in [3.05, 3.63) is 31.7 Å². The zero-order valence-corrected chi connectivity index (χ0v) is 14.5. The van der Waals surface area contributed by atoms with Crippen molar-refractivity contribution in [1.82, 2.24) is 15.3 Å². The zero-order chi connectivity index (χ0) is 15.4. The van der Waals surface area contributed by atoms with Crippen LogP contribution in [0.4, 0.5) is 0 Å². The molecular weight excluding hydrogens is 314 g/mol. The average Bonchev–Trinajstić information content (AvgIpc) is 3.10. The molecule has 2 aromatic rings. The summed E-state index contributed by atoms with van der Waals surface area (Å²) in [5.41, 5.74) is 4.19. The highest BCUT2D eigenvalue weighted by atomic mass is 32.1. The van der Waals surface area contributed by atoms with Gasteiger partial charge in [-0.05, 0) is 39.0 Å². The summed E-state index contributed by atoms with van der Waals surface area (Å²) >= 11 is 3.46. The Labute approximate surface area is 139 Å². The molecule has 0 aromatic carbocycles. The van der Waals surface area contributed by atoms with Crippen molar-refractivity contribution in [2.75, 3.05) is 6.54 Å². The van der Waals surface area contributed by atoms with Gasteiger partial charge in [0.25, 0.3) is 0 Å². The molecule has 0 unspecified atom stereocenters. The van der Waals surface area contributed by atoms with Crippen LogP contribution in [0.5, 0.6) is 0 Å². The van der Waals surface area contributed by atoms with Crippen LogP contribution in [0, 0.1) is 6.92 Å². The van der Waals surface area contributed by atoms with E-state index in [0.29, 0.717) is 13.0 Å². The largest absolute Gasteiger partial charge is 0.356 e. The fourth-order valence-corrected chi connectivity index (χ4v) is 4.64. The van der Waals surface area contributed by atoms with Crippen LogP contribution in [0.2, 0.25) is 0 Å². The summed E-state index contributed by atoms with van der Waals surface area (Å²) in [6.45, 7) is 2.68. The highest BCUT2D eigenvalue weighted by Crippen LogP contribution is 2.26. The van der Waals surface area contributed by atoms with Crippen molar-refractivity contribution in [3.8, 4) is 0 Å². The maximum atomic E-state index is 11.9. The Morgan fingerprint density at radius 1 is 1.32 bits per heavy atom. The third kappa shape index (κ3) is 3.93. The second kappa shape index (κ2) is 7.33. The third-order valence-electron chi connectivity index (χ3n) is 3.97. The van der Waals surface area contributed by atoms with Crippen LogP contribution < -0.4 is 5.32 Å². The quantitative estimate of drug-likeness (QED) is 0.882. The highest BCUT2D eigenvalue weighted by molar-refractivity contribution is 7.11. The molecule has 2 heterocycles. The molecule has 118 valence electrons.